The van der Waals surface area contributed by atoms with Gasteiger partial charge in [-0.15, -0.1) is 35.3 Å². The summed E-state index contributed by atoms with van der Waals surface area (Å²) in [4.78, 5) is 5.64. The van der Waals surface area contributed by atoms with Crippen molar-refractivity contribution in [1.82, 2.24) is 15.8 Å². The molecule has 0 atom stereocenters. The van der Waals surface area contributed by atoms with Crippen LogP contribution in [0.15, 0.2) is 27.0 Å². The van der Waals surface area contributed by atoms with Crippen molar-refractivity contribution in [3.63, 3.8) is 0 Å². The van der Waals surface area contributed by atoms with Crippen molar-refractivity contribution in [3.8, 4) is 0 Å². The van der Waals surface area contributed by atoms with Crippen molar-refractivity contribution >= 4 is 41.3 Å². The van der Waals surface area contributed by atoms with E-state index in [0.29, 0.717) is 6.54 Å². The SMILES string of the molecule is CN=C(NCc1c(C)noc1C)NCC(C)(C)c1cccs1.I. The van der Waals surface area contributed by atoms with Crippen molar-refractivity contribution in [2.75, 3.05) is 13.6 Å². The average molecular weight is 448 g/mol. The van der Waals surface area contributed by atoms with Crippen LogP contribution in [0.1, 0.15) is 35.7 Å². The molecule has 0 amide bonds. The molecule has 0 aliphatic rings. The van der Waals surface area contributed by atoms with E-state index in [-0.39, 0.29) is 29.4 Å². The van der Waals surface area contributed by atoms with Gasteiger partial charge in [0.05, 0.1) is 5.69 Å². The van der Waals surface area contributed by atoms with E-state index in [1.54, 1.807) is 18.4 Å². The monoisotopic (exact) mass is 448 g/mol. The molecule has 0 aliphatic carbocycles. The third kappa shape index (κ3) is 5.20. The number of thiophene rings is 1. The first-order valence-corrected chi connectivity index (χ1v) is 8.22. The van der Waals surface area contributed by atoms with Crippen molar-refractivity contribution < 1.29 is 4.52 Å². The van der Waals surface area contributed by atoms with Gasteiger partial charge in [0, 0.05) is 36.0 Å². The summed E-state index contributed by atoms with van der Waals surface area (Å²) in [5.74, 6) is 1.63. The van der Waals surface area contributed by atoms with E-state index in [4.69, 9.17) is 4.52 Å². The van der Waals surface area contributed by atoms with Gasteiger partial charge in [0.2, 0.25) is 0 Å². The number of nitrogens with zero attached hydrogens (tertiary/aromatic N) is 2. The lowest BCUT2D eigenvalue weighted by Crippen LogP contribution is -2.43. The Labute approximate surface area is 159 Å². The van der Waals surface area contributed by atoms with Gasteiger partial charge >= 0.3 is 0 Å². The summed E-state index contributed by atoms with van der Waals surface area (Å²) < 4.78 is 5.18. The van der Waals surface area contributed by atoms with Gasteiger partial charge in [-0.25, -0.2) is 0 Å². The number of guanidine groups is 1. The summed E-state index contributed by atoms with van der Waals surface area (Å²) in [6.45, 7) is 9.80. The molecule has 2 aromatic heterocycles. The Bertz CT molecular complexity index is 615. The second-order valence-corrected chi connectivity index (χ2v) is 6.89. The van der Waals surface area contributed by atoms with Crippen LogP contribution in [0.5, 0.6) is 0 Å². The molecule has 0 aromatic carbocycles. The van der Waals surface area contributed by atoms with Crippen molar-refractivity contribution in [2.24, 2.45) is 4.99 Å². The maximum Gasteiger partial charge on any atom is 0.191 e. The minimum absolute atomic E-state index is 0. The largest absolute Gasteiger partial charge is 0.361 e. The molecule has 2 aromatic rings. The smallest absolute Gasteiger partial charge is 0.191 e. The Morgan fingerprint density at radius 3 is 2.61 bits per heavy atom. The molecule has 7 heteroatoms. The zero-order valence-electron chi connectivity index (χ0n) is 14.3. The van der Waals surface area contributed by atoms with Gasteiger partial charge in [-0.1, -0.05) is 25.1 Å². The lowest BCUT2D eigenvalue weighted by molar-refractivity contribution is 0.392. The Kier molecular flexibility index (Phi) is 7.53. The van der Waals surface area contributed by atoms with Crippen LogP contribution in [-0.4, -0.2) is 24.7 Å². The number of nitrogens with one attached hydrogen (secondary N) is 2. The molecule has 0 spiro atoms. The predicted octanol–water partition coefficient (Wildman–Crippen LogP) is 3.61. The molecule has 2 heterocycles. The molecule has 128 valence electrons. The van der Waals surface area contributed by atoms with Crippen LogP contribution >= 0.6 is 35.3 Å². The zero-order chi connectivity index (χ0) is 16.2. The molecule has 23 heavy (non-hydrogen) atoms. The first-order valence-electron chi connectivity index (χ1n) is 7.34. The van der Waals surface area contributed by atoms with E-state index in [1.165, 1.54) is 4.88 Å². The maximum absolute atomic E-state index is 5.18. The lowest BCUT2D eigenvalue weighted by Gasteiger charge is -2.25. The molecule has 0 aliphatic heterocycles. The molecule has 2 N–H and O–H groups in total. The highest BCUT2D eigenvalue weighted by Crippen LogP contribution is 2.26. The van der Waals surface area contributed by atoms with Crippen LogP contribution in [0.25, 0.3) is 0 Å². The van der Waals surface area contributed by atoms with E-state index in [0.717, 1.165) is 29.5 Å². The predicted molar refractivity (Wildman–Crippen MR) is 107 cm³/mol. The summed E-state index contributed by atoms with van der Waals surface area (Å²) in [6, 6.07) is 4.26. The van der Waals surface area contributed by atoms with Crippen LogP contribution in [0.2, 0.25) is 0 Å². The lowest BCUT2D eigenvalue weighted by atomic mass is 9.91. The van der Waals surface area contributed by atoms with E-state index in [1.807, 2.05) is 13.8 Å². The molecule has 0 fully saturated rings. The fraction of sp³-hybridized carbons (Fsp3) is 0.500. The summed E-state index contributed by atoms with van der Waals surface area (Å²) in [7, 11) is 1.78. The number of aliphatic imine (C=N–C) groups is 1. The average Bonchev–Trinajstić information content (AvgIpc) is 3.12. The molecule has 0 saturated carbocycles. The summed E-state index contributed by atoms with van der Waals surface area (Å²) >= 11 is 1.78. The van der Waals surface area contributed by atoms with Crippen molar-refractivity contribution in [2.45, 2.75) is 39.7 Å². The third-order valence-corrected chi connectivity index (χ3v) is 4.96. The minimum atomic E-state index is 0. The first kappa shape index (κ1) is 20.0. The number of hydrogen-bond acceptors (Lipinski definition) is 4. The van der Waals surface area contributed by atoms with Gasteiger partial charge in [-0.2, -0.15) is 0 Å². The second-order valence-electron chi connectivity index (χ2n) is 5.94. The third-order valence-electron chi connectivity index (χ3n) is 3.72. The Morgan fingerprint density at radius 1 is 1.35 bits per heavy atom. The molecule has 0 saturated heterocycles. The number of rotatable bonds is 5. The summed E-state index contributed by atoms with van der Waals surface area (Å²) in [5, 5.41) is 12.8. The molecule has 5 nitrogen and oxygen atoms in total. The van der Waals surface area contributed by atoms with Crippen molar-refractivity contribution in [3.05, 3.63) is 39.4 Å². The van der Waals surface area contributed by atoms with Crippen molar-refractivity contribution in [1.29, 1.82) is 0 Å². The standard InChI is InChI=1S/C16H24N4OS.HI/c1-11-13(12(2)21-20-11)9-18-15(17-5)19-10-16(3,4)14-7-6-8-22-14;/h6-8H,9-10H2,1-5H3,(H2,17,18,19);1H. The Hall–Kier alpha value is -1.09. The molecule has 0 radical (unpaired) electrons. The fourth-order valence-corrected chi connectivity index (χ4v) is 3.05. The zero-order valence-corrected chi connectivity index (χ0v) is 17.4. The normalized spacial score (nSPS) is 12.0. The summed E-state index contributed by atoms with van der Waals surface area (Å²) in [5.41, 5.74) is 2.06. The highest BCUT2D eigenvalue weighted by atomic mass is 127. The molecular weight excluding hydrogens is 423 g/mol. The highest BCUT2D eigenvalue weighted by molar-refractivity contribution is 14.0. The van der Waals surface area contributed by atoms with Gasteiger partial charge in [0.15, 0.2) is 5.96 Å². The van der Waals surface area contributed by atoms with Gasteiger partial charge < -0.3 is 15.2 Å². The second kappa shape index (κ2) is 8.68. The maximum atomic E-state index is 5.18. The molecule has 2 rings (SSSR count). The van der Waals surface area contributed by atoms with Gasteiger partial charge in [0.1, 0.15) is 5.76 Å². The summed E-state index contributed by atoms with van der Waals surface area (Å²) in [6.07, 6.45) is 0. The Balaban J connectivity index is 0.00000264. The van der Waals surface area contributed by atoms with Gasteiger partial charge in [-0.3, -0.25) is 4.99 Å². The number of aryl methyl sites for hydroxylation is 2. The van der Waals surface area contributed by atoms with Gasteiger partial charge in [-0.05, 0) is 25.3 Å². The van der Waals surface area contributed by atoms with E-state index < -0.39 is 0 Å². The van der Waals surface area contributed by atoms with Crippen LogP contribution in [0, 0.1) is 13.8 Å². The fourth-order valence-electron chi connectivity index (χ4n) is 2.20. The minimum Gasteiger partial charge on any atom is -0.361 e. The van der Waals surface area contributed by atoms with E-state index in [2.05, 4.69) is 52.1 Å². The molecule has 0 unspecified atom stereocenters. The topological polar surface area (TPSA) is 62.5 Å². The number of halogens is 1. The Morgan fingerprint density at radius 2 is 2.09 bits per heavy atom. The van der Waals surface area contributed by atoms with Gasteiger partial charge in [0.25, 0.3) is 0 Å². The number of aromatic nitrogens is 1. The van der Waals surface area contributed by atoms with Crippen LogP contribution in [-0.2, 0) is 12.0 Å². The number of hydrogen-bond donors (Lipinski definition) is 2. The van der Waals surface area contributed by atoms with E-state index >= 15 is 0 Å². The highest BCUT2D eigenvalue weighted by Gasteiger charge is 2.22. The van der Waals surface area contributed by atoms with Crippen LogP contribution in [0.3, 0.4) is 0 Å². The molecular formula is C16H25IN4OS. The van der Waals surface area contributed by atoms with E-state index in [9.17, 15) is 0 Å². The first-order chi connectivity index (χ1) is 10.4. The quantitative estimate of drug-likeness (QED) is 0.417. The van der Waals surface area contributed by atoms with Crippen LogP contribution in [0.4, 0.5) is 0 Å². The van der Waals surface area contributed by atoms with Crippen LogP contribution < -0.4 is 10.6 Å². The molecule has 0 bridgehead atoms.